The van der Waals surface area contributed by atoms with Gasteiger partial charge in [-0.25, -0.2) is 9.18 Å². The summed E-state index contributed by atoms with van der Waals surface area (Å²) in [4.78, 5) is 15.1. The highest BCUT2D eigenvalue weighted by molar-refractivity contribution is 5.90. The van der Waals surface area contributed by atoms with Crippen molar-refractivity contribution in [3.8, 4) is 0 Å². The lowest BCUT2D eigenvalue weighted by atomic mass is 10.1. The molecule has 0 spiro atoms. The molecule has 1 aromatic heterocycles. The van der Waals surface area contributed by atoms with Crippen molar-refractivity contribution in [2.24, 2.45) is 0 Å². The molecule has 0 aromatic carbocycles. The van der Waals surface area contributed by atoms with Gasteiger partial charge in [0.25, 0.3) is 0 Å². The lowest BCUT2D eigenvalue weighted by Crippen LogP contribution is -2.08. The molecule has 1 aromatic rings. The van der Waals surface area contributed by atoms with Gasteiger partial charge in [-0.2, -0.15) is 0 Å². The number of aromatic nitrogens is 1. The van der Waals surface area contributed by atoms with Crippen molar-refractivity contribution in [3.05, 3.63) is 28.8 Å². The van der Waals surface area contributed by atoms with Crippen LogP contribution in [0.3, 0.4) is 0 Å². The molecule has 0 bridgehead atoms. The van der Waals surface area contributed by atoms with Crippen LogP contribution in [0.1, 0.15) is 28.7 Å². The number of halogens is 1. The standard InChI is InChI=1S/C10H12FNO2/c1-4-9-8(11)5-7(6(2)12-9)10(13)14-3/h5H,4H2,1-3H3. The van der Waals surface area contributed by atoms with Gasteiger partial charge < -0.3 is 4.74 Å². The van der Waals surface area contributed by atoms with Crippen LogP contribution in [0.2, 0.25) is 0 Å². The Bertz CT molecular complexity index is 363. The second-order valence-electron chi connectivity index (χ2n) is 2.89. The van der Waals surface area contributed by atoms with Crippen molar-refractivity contribution < 1.29 is 13.9 Å². The van der Waals surface area contributed by atoms with E-state index in [1.54, 1.807) is 6.92 Å². The predicted octanol–water partition coefficient (Wildman–Crippen LogP) is 1.88. The lowest BCUT2D eigenvalue weighted by molar-refractivity contribution is 0.0598. The Hall–Kier alpha value is -1.45. The van der Waals surface area contributed by atoms with Gasteiger partial charge in [-0.05, 0) is 19.4 Å². The van der Waals surface area contributed by atoms with E-state index in [1.165, 1.54) is 13.2 Å². The van der Waals surface area contributed by atoms with E-state index >= 15 is 0 Å². The number of hydrogen-bond donors (Lipinski definition) is 0. The second-order valence-corrected chi connectivity index (χ2v) is 2.89. The van der Waals surface area contributed by atoms with Gasteiger partial charge in [0.2, 0.25) is 0 Å². The molecule has 3 nitrogen and oxygen atoms in total. The normalized spacial score (nSPS) is 10.0. The first-order valence-electron chi connectivity index (χ1n) is 4.34. The molecule has 0 fully saturated rings. The molecule has 0 N–H and O–H groups in total. The molecule has 0 aliphatic carbocycles. The number of carbonyl (C=O) groups is 1. The number of aryl methyl sites for hydroxylation is 2. The molecule has 0 saturated carbocycles. The van der Waals surface area contributed by atoms with Crippen LogP contribution in [-0.4, -0.2) is 18.1 Å². The molecule has 1 heterocycles. The monoisotopic (exact) mass is 197 g/mol. The molecular formula is C10H12FNO2. The molecule has 76 valence electrons. The van der Waals surface area contributed by atoms with E-state index < -0.39 is 11.8 Å². The third-order valence-electron chi connectivity index (χ3n) is 1.98. The number of methoxy groups -OCH3 is 1. The van der Waals surface area contributed by atoms with E-state index in [0.717, 1.165) is 0 Å². The maximum Gasteiger partial charge on any atom is 0.339 e. The summed E-state index contributed by atoms with van der Waals surface area (Å²) in [6.07, 6.45) is 0.508. The van der Waals surface area contributed by atoms with Gasteiger partial charge >= 0.3 is 5.97 Å². The second kappa shape index (κ2) is 4.17. The number of hydrogen-bond acceptors (Lipinski definition) is 3. The SMILES string of the molecule is CCc1nc(C)c(C(=O)OC)cc1F. The summed E-state index contributed by atoms with van der Waals surface area (Å²) < 4.78 is 17.8. The fourth-order valence-electron chi connectivity index (χ4n) is 1.20. The Morgan fingerprint density at radius 2 is 2.29 bits per heavy atom. The van der Waals surface area contributed by atoms with Gasteiger partial charge in [0.15, 0.2) is 0 Å². The van der Waals surface area contributed by atoms with Crippen LogP contribution in [0.5, 0.6) is 0 Å². The third-order valence-corrected chi connectivity index (χ3v) is 1.98. The molecule has 0 radical (unpaired) electrons. The number of pyridine rings is 1. The summed E-state index contributed by atoms with van der Waals surface area (Å²) in [6, 6.07) is 1.17. The van der Waals surface area contributed by atoms with E-state index in [4.69, 9.17) is 0 Å². The van der Waals surface area contributed by atoms with Gasteiger partial charge in [0.1, 0.15) is 5.82 Å². The molecule has 0 unspecified atom stereocenters. The Morgan fingerprint density at radius 3 is 2.79 bits per heavy atom. The minimum absolute atomic E-state index is 0.183. The highest BCUT2D eigenvalue weighted by atomic mass is 19.1. The van der Waals surface area contributed by atoms with E-state index in [2.05, 4.69) is 9.72 Å². The van der Waals surface area contributed by atoms with Gasteiger partial charge in [0.05, 0.1) is 24.1 Å². The van der Waals surface area contributed by atoms with Crippen LogP contribution >= 0.6 is 0 Å². The van der Waals surface area contributed by atoms with Crippen molar-refractivity contribution >= 4 is 5.97 Å². The largest absolute Gasteiger partial charge is 0.465 e. The Labute approximate surface area is 81.9 Å². The number of esters is 1. The van der Waals surface area contributed by atoms with Gasteiger partial charge in [-0.1, -0.05) is 6.92 Å². The highest BCUT2D eigenvalue weighted by Crippen LogP contribution is 2.13. The summed E-state index contributed by atoms with van der Waals surface area (Å²) in [6.45, 7) is 3.47. The fourth-order valence-corrected chi connectivity index (χ4v) is 1.20. The van der Waals surface area contributed by atoms with Crippen LogP contribution in [-0.2, 0) is 11.2 Å². The maximum atomic E-state index is 13.3. The molecule has 4 heteroatoms. The first kappa shape index (κ1) is 10.6. The van der Waals surface area contributed by atoms with Crippen LogP contribution in [0.4, 0.5) is 4.39 Å². The summed E-state index contributed by atoms with van der Waals surface area (Å²) in [5.41, 5.74) is 1.05. The third kappa shape index (κ3) is 1.89. The Morgan fingerprint density at radius 1 is 1.64 bits per heavy atom. The zero-order valence-corrected chi connectivity index (χ0v) is 8.43. The number of ether oxygens (including phenoxy) is 1. The summed E-state index contributed by atoms with van der Waals surface area (Å²) in [7, 11) is 1.26. The summed E-state index contributed by atoms with van der Waals surface area (Å²) in [5, 5.41) is 0. The number of rotatable bonds is 2. The molecule has 1 rings (SSSR count). The molecule has 0 atom stereocenters. The zero-order chi connectivity index (χ0) is 10.7. The average molecular weight is 197 g/mol. The molecule has 0 aliphatic heterocycles. The van der Waals surface area contributed by atoms with Crippen LogP contribution < -0.4 is 0 Å². The highest BCUT2D eigenvalue weighted by Gasteiger charge is 2.14. The van der Waals surface area contributed by atoms with Gasteiger partial charge in [-0.15, -0.1) is 0 Å². The first-order chi connectivity index (χ1) is 6.60. The van der Waals surface area contributed by atoms with Crippen molar-refractivity contribution in [2.75, 3.05) is 7.11 Å². The summed E-state index contributed by atoms with van der Waals surface area (Å²) in [5.74, 6) is -1.02. The first-order valence-corrected chi connectivity index (χ1v) is 4.34. The molecule has 0 saturated heterocycles. The van der Waals surface area contributed by atoms with Crippen molar-refractivity contribution in [3.63, 3.8) is 0 Å². The molecule has 0 aliphatic rings. The molecular weight excluding hydrogens is 185 g/mol. The number of nitrogens with zero attached hydrogens (tertiary/aromatic N) is 1. The number of carbonyl (C=O) groups excluding carboxylic acids is 1. The Balaban J connectivity index is 3.21. The Kier molecular flexibility index (Phi) is 3.17. The van der Waals surface area contributed by atoms with Crippen molar-refractivity contribution in [1.82, 2.24) is 4.98 Å². The quantitative estimate of drug-likeness (QED) is 0.679. The minimum atomic E-state index is -0.559. The van der Waals surface area contributed by atoms with E-state index in [-0.39, 0.29) is 5.56 Å². The van der Waals surface area contributed by atoms with Crippen LogP contribution in [0.15, 0.2) is 6.07 Å². The van der Waals surface area contributed by atoms with E-state index in [9.17, 15) is 9.18 Å². The van der Waals surface area contributed by atoms with E-state index in [0.29, 0.717) is 17.8 Å². The van der Waals surface area contributed by atoms with Crippen molar-refractivity contribution in [2.45, 2.75) is 20.3 Å². The predicted molar refractivity (Wildman–Crippen MR) is 49.6 cm³/mol. The van der Waals surface area contributed by atoms with Crippen LogP contribution in [0.25, 0.3) is 0 Å². The average Bonchev–Trinajstić information content (AvgIpc) is 2.19. The molecule has 14 heavy (non-hydrogen) atoms. The topological polar surface area (TPSA) is 39.2 Å². The maximum absolute atomic E-state index is 13.3. The van der Waals surface area contributed by atoms with Gasteiger partial charge in [-0.3, -0.25) is 4.98 Å². The lowest BCUT2D eigenvalue weighted by Gasteiger charge is -2.05. The smallest absolute Gasteiger partial charge is 0.339 e. The fraction of sp³-hybridized carbons (Fsp3) is 0.400. The minimum Gasteiger partial charge on any atom is -0.465 e. The zero-order valence-electron chi connectivity index (χ0n) is 8.43. The molecule has 0 amide bonds. The van der Waals surface area contributed by atoms with E-state index in [1.807, 2.05) is 6.92 Å². The van der Waals surface area contributed by atoms with Crippen molar-refractivity contribution in [1.29, 1.82) is 0 Å². The van der Waals surface area contributed by atoms with Crippen LogP contribution in [0, 0.1) is 12.7 Å². The summed E-state index contributed by atoms with van der Waals surface area (Å²) >= 11 is 0. The van der Waals surface area contributed by atoms with Gasteiger partial charge in [0, 0.05) is 0 Å².